The highest BCUT2D eigenvalue weighted by molar-refractivity contribution is 6.05. The van der Waals surface area contributed by atoms with E-state index in [0.29, 0.717) is 33.5 Å². The van der Waals surface area contributed by atoms with Crippen LogP contribution in [-0.2, 0) is 22.5 Å². The fraction of sp³-hybridized carbons (Fsp3) is 0.306. The van der Waals surface area contributed by atoms with E-state index >= 15 is 0 Å². The van der Waals surface area contributed by atoms with E-state index < -0.39 is 48.1 Å². The molecular weight excluding hydrogens is 610 g/mol. The summed E-state index contributed by atoms with van der Waals surface area (Å²) in [6.07, 6.45) is -2.63. The Morgan fingerprint density at radius 3 is 1.89 bits per heavy atom. The largest absolute Gasteiger partial charge is 0.481 e. The lowest BCUT2D eigenvalue weighted by Gasteiger charge is -2.20. The molecule has 2 atom stereocenters. The molecule has 11 heteroatoms. The lowest BCUT2D eigenvalue weighted by molar-refractivity contribution is -0.139. The van der Waals surface area contributed by atoms with Gasteiger partial charge in [-0.3, -0.25) is 9.59 Å². The molecule has 0 aliphatic carbocycles. The molecule has 4 N–H and O–H groups in total. The Hall–Kier alpha value is -4.87. The number of aromatic nitrogens is 1. The van der Waals surface area contributed by atoms with E-state index in [2.05, 4.69) is 5.32 Å². The fourth-order valence-corrected chi connectivity index (χ4v) is 5.66. The number of hydrogen-bond donors (Lipinski definition) is 4. The molecule has 4 rings (SSSR count). The summed E-state index contributed by atoms with van der Waals surface area (Å²) >= 11 is 0. The summed E-state index contributed by atoms with van der Waals surface area (Å²) in [6, 6.07) is 17.8. The predicted molar refractivity (Wildman–Crippen MR) is 172 cm³/mol. The first-order valence-electron chi connectivity index (χ1n) is 15.2. The second-order valence-corrected chi connectivity index (χ2v) is 11.6. The Bertz CT molecular complexity index is 1700. The van der Waals surface area contributed by atoms with Crippen molar-refractivity contribution in [2.45, 2.75) is 64.3 Å². The quantitative estimate of drug-likeness (QED) is 0.125. The molecule has 0 saturated heterocycles. The van der Waals surface area contributed by atoms with E-state index in [-0.39, 0.29) is 37.5 Å². The summed E-state index contributed by atoms with van der Waals surface area (Å²) in [5.41, 5.74) is 4.21. The van der Waals surface area contributed by atoms with E-state index in [9.17, 15) is 33.4 Å². The van der Waals surface area contributed by atoms with Gasteiger partial charge >= 0.3 is 11.9 Å². The average molecular weight is 649 g/mol. The number of nitrogens with one attached hydrogen (secondary N) is 1. The molecule has 1 heterocycles. The van der Waals surface area contributed by atoms with Crippen LogP contribution in [-0.4, -0.2) is 57.1 Å². The third-order valence-corrected chi connectivity index (χ3v) is 7.80. The monoisotopic (exact) mass is 648 g/mol. The standard InChI is InChI=1S/C36H38F2N2O7/c1-21(2)40-30(17-16-28(41)18-29(42)19-31(43)44)32(23-8-12-26(37)13-9-23)33(24-10-14-27(38)15-11-24)34(40)35(45)39-20-22-4-6-25(7-5-22)36(46)47-3/h4-15,21,28-29,41-42H,16-20H2,1-3H3,(H,39,45)(H,43,44)/t28-,29-/m1/s1. The van der Waals surface area contributed by atoms with Crippen molar-refractivity contribution in [1.82, 2.24) is 9.88 Å². The van der Waals surface area contributed by atoms with Gasteiger partial charge in [0.15, 0.2) is 0 Å². The third-order valence-electron chi connectivity index (χ3n) is 7.80. The van der Waals surface area contributed by atoms with E-state index in [1.807, 2.05) is 18.4 Å². The normalized spacial score (nSPS) is 12.5. The first-order valence-corrected chi connectivity index (χ1v) is 15.2. The number of aliphatic hydroxyl groups is 2. The summed E-state index contributed by atoms with van der Waals surface area (Å²) in [6.45, 7) is 3.90. The summed E-state index contributed by atoms with van der Waals surface area (Å²) in [4.78, 5) is 37.0. The molecule has 1 amide bonds. The highest BCUT2D eigenvalue weighted by atomic mass is 19.1. The number of aliphatic hydroxyl groups excluding tert-OH is 2. The van der Waals surface area contributed by atoms with Crippen molar-refractivity contribution >= 4 is 17.8 Å². The van der Waals surface area contributed by atoms with E-state index in [0.717, 1.165) is 5.56 Å². The molecule has 0 saturated carbocycles. The fourth-order valence-electron chi connectivity index (χ4n) is 5.66. The van der Waals surface area contributed by atoms with Crippen LogP contribution in [0.15, 0.2) is 72.8 Å². The number of aliphatic carboxylic acids is 1. The highest BCUT2D eigenvalue weighted by Crippen LogP contribution is 2.42. The van der Waals surface area contributed by atoms with Crippen molar-refractivity contribution in [3.63, 3.8) is 0 Å². The Balaban J connectivity index is 1.83. The smallest absolute Gasteiger partial charge is 0.337 e. The number of benzene rings is 3. The van der Waals surface area contributed by atoms with Gasteiger partial charge < -0.3 is 29.9 Å². The van der Waals surface area contributed by atoms with Crippen molar-refractivity contribution < 1.29 is 43.2 Å². The number of methoxy groups -OCH3 is 1. The molecule has 47 heavy (non-hydrogen) atoms. The van der Waals surface area contributed by atoms with Crippen molar-refractivity contribution in [3.8, 4) is 22.3 Å². The molecule has 248 valence electrons. The number of carbonyl (C=O) groups is 3. The maximum Gasteiger partial charge on any atom is 0.337 e. The Kier molecular flexibility index (Phi) is 11.6. The van der Waals surface area contributed by atoms with Gasteiger partial charge in [0.05, 0.1) is 31.3 Å². The highest BCUT2D eigenvalue weighted by Gasteiger charge is 2.30. The molecule has 4 aromatic rings. The summed E-state index contributed by atoms with van der Waals surface area (Å²) < 4.78 is 34.8. The lowest BCUT2D eigenvalue weighted by Crippen LogP contribution is -2.27. The molecule has 0 aliphatic heterocycles. The van der Waals surface area contributed by atoms with Gasteiger partial charge in [0.2, 0.25) is 0 Å². The third kappa shape index (κ3) is 8.69. The van der Waals surface area contributed by atoms with Crippen LogP contribution in [0.5, 0.6) is 0 Å². The van der Waals surface area contributed by atoms with Crippen molar-refractivity contribution in [3.05, 3.63) is 107 Å². The molecule has 0 spiro atoms. The number of amides is 1. The number of hydrogen-bond acceptors (Lipinski definition) is 6. The number of esters is 1. The molecule has 1 aromatic heterocycles. The van der Waals surface area contributed by atoms with Gasteiger partial charge in [0, 0.05) is 29.4 Å². The number of nitrogens with zero attached hydrogens (tertiary/aromatic N) is 1. The molecule has 0 aliphatic rings. The van der Waals surface area contributed by atoms with E-state index in [1.54, 1.807) is 48.5 Å². The summed E-state index contributed by atoms with van der Waals surface area (Å²) in [5.74, 6) is -3.04. The maximum absolute atomic E-state index is 14.2. The second-order valence-electron chi connectivity index (χ2n) is 11.6. The van der Waals surface area contributed by atoms with Crippen LogP contribution in [0, 0.1) is 11.6 Å². The average Bonchev–Trinajstić information content (AvgIpc) is 3.38. The minimum absolute atomic E-state index is 0.119. The van der Waals surface area contributed by atoms with Crippen LogP contribution in [0.1, 0.15) is 71.3 Å². The first kappa shape index (κ1) is 35.0. The van der Waals surface area contributed by atoms with Crippen molar-refractivity contribution in [1.29, 1.82) is 0 Å². The van der Waals surface area contributed by atoms with Gasteiger partial charge in [0.25, 0.3) is 5.91 Å². The Morgan fingerprint density at radius 1 is 0.830 bits per heavy atom. The number of carbonyl (C=O) groups excluding carboxylic acids is 2. The van der Waals surface area contributed by atoms with Gasteiger partial charge in [-0.25, -0.2) is 13.6 Å². The number of carboxylic acid groups (broad SMARTS) is 1. The van der Waals surface area contributed by atoms with Crippen LogP contribution in [0.3, 0.4) is 0 Å². The molecule has 9 nitrogen and oxygen atoms in total. The number of rotatable bonds is 14. The zero-order valence-electron chi connectivity index (χ0n) is 26.4. The van der Waals surface area contributed by atoms with Crippen molar-refractivity contribution in [2.24, 2.45) is 0 Å². The van der Waals surface area contributed by atoms with Crippen LogP contribution < -0.4 is 5.32 Å². The lowest BCUT2D eigenvalue weighted by atomic mass is 9.92. The minimum atomic E-state index is -1.24. The Morgan fingerprint density at radius 2 is 1.38 bits per heavy atom. The van der Waals surface area contributed by atoms with Crippen LogP contribution in [0.2, 0.25) is 0 Å². The Labute approximate surface area is 271 Å². The molecule has 0 radical (unpaired) electrons. The van der Waals surface area contributed by atoms with Crippen LogP contribution in [0.4, 0.5) is 8.78 Å². The minimum Gasteiger partial charge on any atom is -0.481 e. The topological polar surface area (TPSA) is 138 Å². The van der Waals surface area contributed by atoms with Gasteiger partial charge in [-0.1, -0.05) is 36.4 Å². The van der Waals surface area contributed by atoms with Crippen LogP contribution >= 0.6 is 0 Å². The number of carboxylic acids is 1. The molecule has 0 unspecified atom stereocenters. The molecular formula is C36H38F2N2O7. The van der Waals surface area contributed by atoms with Gasteiger partial charge in [-0.2, -0.15) is 0 Å². The number of halogens is 2. The van der Waals surface area contributed by atoms with E-state index in [4.69, 9.17) is 9.84 Å². The molecule has 0 fully saturated rings. The maximum atomic E-state index is 14.2. The zero-order chi connectivity index (χ0) is 34.2. The zero-order valence-corrected chi connectivity index (χ0v) is 26.4. The van der Waals surface area contributed by atoms with Crippen molar-refractivity contribution in [2.75, 3.05) is 7.11 Å². The molecule has 3 aromatic carbocycles. The number of ether oxygens (including phenoxy) is 1. The summed E-state index contributed by atoms with van der Waals surface area (Å²) in [5, 5.41) is 32.8. The van der Waals surface area contributed by atoms with Gasteiger partial charge in [0.1, 0.15) is 17.3 Å². The van der Waals surface area contributed by atoms with Crippen LogP contribution in [0.25, 0.3) is 22.3 Å². The second kappa shape index (κ2) is 15.6. The summed E-state index contributed by atoms with van der Waals surface area (Å²) in [7, 11) is 1.29. The van der Waals surface area contributed by atoms with E-state index in [1.165, 1.54) is 31.4 Å². The predicted octanol–water partition coefficient (Wildman–Crippen LogP) is 5.92. The van der Waals surface area contributed by atoms with Gasteiger partial charge in [-0.05, 0) is 86.2 Å². The SMILES string of the molecule is COC(=O)c1ccc(CNC(=O)c2c(-c3ccc(F)cc3)c(-c3ccc(F)cc3)c(CC[C@@H](O)C[C@@H](O)CC(=O)O)n2C(C)C)cc1. The first-order chi connectivity index (χ1) is 22.4. The van der Waals surface area contributed by atoms with Gasteiger partial charge in [-0.15, -0.1) is 0 Å². The molecule has 0 bridgehead atoms.